The van der Waals surface area contributed by atoms with Crippen LogP contribution in [-0.2, 0) is 11.3 Å². The molecule has 0 saturated heterocycles. The molecule has 0 amide bonds. The molecule has 0 aliphatic rings. The molecule has 1 aromatic heterocycles. The summed E-state index contributed by atoms with van der Waals surface area (Å²) in [4.78, 5) is 6.70. The quantitative estimate of drug-likeness (QED) is 0.734. The maximum atomic E-state index is 5.21. The van der Waals surface area contributed by atoms with E-state index in [1.807, 2.05) is 12.4 Å². The van der Waals surface area contributed by atoms with Gasteiger partial charge in [0.05, 0.1) is 6.61 Å². The Morgan fingerprint density at radius 1 is 1.33 bits per heavy atom. The summed E-state index contributed by atoms with van der Waals surface area (Å²) in [5.41, 5.74) is 1.24. The van der Waals surface area contributed by atoms with Crippen molar-refractivity contribution in [1.82, 2.24) is 9.88 Å². The van der Waals surface area contributed by atoms with E-state index >= 15 is 0 Å². The van der Waals surface area contributed by atoms with Crippen LogP contribution in [0.25, 0.3) is 0 Å². The Bertz CT molecular complexity index is 342. The van der Waals surface area contributed by atoms with Gasteiger partial charge in [0, 0.05) is 43.1 Å². The fourth-order valence-electron chi connectivity index (χ4n) is 2.18. The molecule has 0 saturated carbocycles. The predicted molar refractivity (Wildman–Crippen MR) is 78.6 cm³/mol. The number of rotatable bonds is 8. The van der Waals surface area contributed by atoms with Crippen molar-refractivity contribution in [3.63, 3.8) is 0 Å². The van der Waals surface area contributed by atoms with Crippen molar-refractivity contribution in [2.45, 2.75) is 39.3 Å². The number of hydrogen-bond acceptors (Lipinski definition) is 3. The molecule has 18 heavy (non-hydrogen) atoms. The van der Waals surface area contributed by atoms with Gasteiger partial charge in [-0.25, -0.2) is 0 Å². The van der Waals surface area contributed by atoms with Gasteiger partial charge in [0.25, 0.3) is 0 Å². The standard InChI is InChI=1S/C14H23BrN2O/c1-4-14(5-2)17(6-7-18-3)11-12-8-13(15)10-16-9-12/h8-10,14H,4-7,11H2,1-3H3. The fraction of sp³-hybridized carbons (Fsp3) is 0.643. The third kappa shape index (κ3) is 5.04. The SMILES string of the molecule is CCC(CC)N(CCOC)Cc1cncc(Br)c1. The highest BCUT2D eigenvalue weighted by Crippen LogP contribution is 2.15. The Kier molecular flexibility index (Phi) is 7.47. The Hall–Kier alpha value is -0.450. The molecule has 0 fully saturated rings. The second kappa shape index (κ2) is 8.62. The monoisotopic (exact) mass is 314 g/mol. The van der Waals surface area contributed by atoms with Crippen LogP contribution in [-0.4, -0.2) is 36.2 Å². The summed E-state index contributed by atoms with van der Waals surface area (Å²) in [6, 6.07) is 2.74. The molecule has 0 bridgehead atoms. The van der Waals surface area contributed by atoms with Gasteiger partial charge in [0.2, 0.25) is 0 Å². The van der Waals surface area contributed by atoms with Crippen molar-refractivity contribution < 1.29 is 4.74 Å². The van der Waals surface area contributed by atoms with E-state index in [1.54, 1.807) is 7.11 Å². The maximum absolute atomic E-state index is 5.21. The summed E-state index contributed by atoms with van der Waals surface area (Å²) in [6.07, 6.45) is 6.09. The lowest BCUT2D eigenvalue weighted by atomic mass is 10.1. The largest absolute Gasteiger partial charge is 0.383 e. The average molecular weight is 315 g/mol. The normalized spacial score (nSPS) is 11.4. The van der Waals surface area contributed by atoms with Crippen LogP contribution in [0, 0.1) is 0 Å². The predicted octanol–water partition coefficient (Wildman–Crippen LogP) is 3.48. The van der Waals surface area contributed by atoms with E-state index in [4.69, 9.17) is 4.74 Å². The third-order valence-corrected chi connectivity index (χ3v) is 3.62. The van der Waals surface area contributed by atoms with Crippen LogP contribution in [0.2, 0.25) is 0 Å². The first-order valence-corrected chi connectivity index (χ1v) is 7.32. The first-order chi connectivity index (χ1) is 8.71. The van der Waals surface area contributed by atoms with E-state index in [1.165, 1.54) is 18.4 Å². The van der Waals surface area contributed by atoms with Gasteiger partial charge in [-0.2, -0.15) is 0 Å². The molecular weight excluding hydrogens is 292 g/mol. The second-order valence-electron chi connectivity index (χ2n) is 4.45. The zero-order chi connectivity index (χ0) is 13.4. The van der Waals surface area contributed by atoms with E-state index in [-0.39, 0.29) is 0 Å². The Labute approximate surface area is 119 Å². The fourth-order valence-corrected chi connectivity index (χ4v) is 2.59. The minimum absolute atomic E-state index is 0.610. The van der Waals surface area contributed by atoms with Gasteiger partial charge in [-0.3, -0.25) is 9.88 Å². The van der Waals surface area contributed by atoms with Gasteiger partial charge in [0.15, 0.2) is 0 Å². The lowest BCUT2D eigenvalue weighted by Crippen LogP contribution is -2.36. The van der Waals surface area contributed by atoms with E-state index in [0.717, 1.165) is 24.2 Å². The van der Waals surface area contributed by atoms with Gasteiger partial charge in [0.1, 0.15) is 0 Å². The molecule has 0 aromatic carbocycles. The summed E-state index contributed by atoms with van der Waals surface area (Å²) in [6.45, 7) is 7.16. The highest BCUT2D eigenvalue weighted by Gasteiger charge is 2.15. The van der Waals surface area contributed by atoms with Crippen LogP contribution in [0.15, 0.2) is 22.9 Å². The molecule has 0 aliphatic heterocycles. The Morgan fingerprint density at radius 3 is 2.61 bits per heavy atom. The van der Waals surface area contributed by atoms with Crippen molar-refractivity contribution in [2.75, 3.05) is 20.3 Å². The molecule has 1 heterocycles. The highest BCUT2D eigenvalue weighted by atomic mass is 79.9. The molecule has 1 aromatic rings. The van der Waals surface area contributed by atoms with Crippen molar-refractivity contribution in [2.24, 2.45) is 0 Å². The van der Waals surface area contributed by atoms with Crippen LogP contribution in [0.5, 0.6) is 0 Å². The van der Waals surface area contributed by atoms with Gasteiger partial charge >= 0.3 is 0 Å². The van der Waals surface area contributed by atoms with E-state index in [9.17, 15) is 0 Å². The van der Waals surface area contributed by atoms with Gasteiger partial charge in [-0.15, -0.1) is 0 Å². The second-order valence-corrected chi connectivity index (χ2v) is 5.36. The summed E-state index contributed by atoms with van der Waals surface area (Å²) in [5, 5.41) is 0. The lowest BCUT2D eigenvalue weighted by Gasteiger charge is -2.30. The molecule has 4 heteroatoms. The van der Waals surface area contributed by atoms with E-state index in [0.29, 0.717) is 6.04 Å². The number of hydrogen-bond donors (Lipinski definition) is 0. The summed E-state index contributed by atoms with van der Waals surface area (Å²) < 4.78 is 6.24. The minimum Gasteiger partial charge on any atom is -0.383 e. The van der Waals surface area contributed by atoms with Crippen molar-refractivity contribution in [3.8, 4) is 0 Å². The first kappa shape index (κ1) is 15.6. The molecule has 0 aliphatic carbocycles. The third-order valence-electron chi connectivity index (χ3n) is 3.19. The topological polar surface area (TPSA) is 25.4 Å². The average Bonchev–Trinajstić information content (AvgIpc) is 2.37. The summed E-state index contributed by atoms with van der Waals surface area (Å²) >= 11 is 3.47. The van der Waals surface area contributed by atoms with Crippen molar-refractivity contribution >= 4 is 15.9 Å². The first-order valence-electron chi connectivity index (χ1n) is 6.53. The van der Waals surface area contributed by atoms with Gasteiger partial charge < -0.3 is 4.74 Å². The van der Waals surface area contributed by atoms with Crippen LogP contribution in [0.4, 0.5) is 0 Å². The smallest absolute Gasteiger partial charge is 0.0589 e. The number of nitrogens with zero attached hydrogens (tertiary/aromatic N) is 2. The molecule has 0 atom stereocenters. The number of methoxy groups -OCH3 is 1. The van der Waals surface area contributed by atoms with Gasteiger partial charge in [-0.05, 0) is 40.4 Å². The molecule has 0 unspecified atom stereocenters. The van der Waals surface area contributed by atoms with Crippen molar-refractivity contribution in [3.05, 3.63) is 28.5 Å². The van der Waals surface area contributed by atoms with Crippen LogP contribution in [0.1, 0.15) is 32.3 Å². The maximum Gasteiger partial charge on any atom is 0.0589 e. The number of pyridine rings is 1. The molecule has 0 N–H and O–H groups in total. The summed E-state index contributed by atoms with van der Waals surface area (Å²) in [7, 11) is 1.76. The van der Waals surface area contributed by atoms with E-state index in [2.05, 4.69) is 45.7 Å². The molecule has 102 valence electrons. The molecule has 0 spiro atoms. The lowest BCUT2D eigenvalue weighted by molar-refractivity contribution is 0.110. The van der Waals surface area contributed by atoms with Gasteiger partial charge in [-0.1, -0.05) is 13.8 Å². The van der Waals surface area contributed by atoms with Crippen molar-refractivity contribution in [1.29, 1.82) is 0 Å². The number of aromatic nitrogens is 1. The molecular formula is C14H23BrN2O. The minimum atomic E-state index is 0.610. The Balaban J connectivity index is 2.70. The number of halogens is 1. The highest BCUT2D eigenvalue weighted by molar-refractivity contribution is 9.10. The molecule has 1 rings (SSSR count). The molecule has 3 nitrogen and oxygen atoms in total. The summed E-state index contributed by atoms with van der Waals surface area (Å²) in [5.74, 6) is 0. The van der Waals surface area contributed by atoms with Crippen LogP contribution >= 0.6 is 15.9 Å². The molecule has 0 radical (unpaired) electrons. The number of ether oxygens (including phenoxy) is 1. The van der Waals surface area contributed by atoms with Crippen LogP contribution < -0.4 is 0 Å². The van der Waals surface area contributed by atoms with E-state index < -0.39 is 0 Å². The Morgan fingerprint density at radius 2 is 2.06 bits per heavy atom. The zero-order valence-corrected chi connectivity index (χ0v) is 13.1. The van der Waals surface area contributed by atoms with Crippen LogP contribution in [0.3, 0.4) is 0 Å². The zero-order valence-electron chi connectivity index (χ0n) is 11.5.